The average Bonchev–Trinajstić information content (AvgIpc) is 2.90. The molecule has 0 heterocycles. The Morgan fingerprint density at radius 2 is 1.42 bits per heavy atom. The molecule has 0 bridgehead atoms. The van der Waals surface area contributed by atoms with Crippen LogP contribution in [0.1, 0.15) is 82.1 Å². The van der Waals surface area contributed by atoms with Crippen LogP contribution in [0.25, 0.3) is 0 Å². The van der Waals surface area contributed by atoms with Crippen molar-refractivity contribution in [1.82, 2.24) is 10.6 Å². The molecule has 0 aromatic heterocycles. The number of rotatable bonds is 8. The summed E-state index contributed by atoms with van der Waals surface area (Å²) in [7, 11) is 0. The van der Waals surface area contributed by atoms with Gasteiger partial charge >= 0.3 is 0 Å². The Kier molecular flexibility index (Phi) is 6.24. The third-order valence-electron chi connectivity index (χ3n) is 6.39. The molecule has 1 saturated carbocycles. The first-order chi connectivity index (χ1) is 11.4. The quantitative estimate of drug-likeness (QED) is 0.488. The Hall–Kier alpha value is -1.18. The minimum Gasteiger partial charge on any atom is -0.381 e. The van der Waals surface area contributed by atoms with Crippen LogP contribution in [0.5, 0.6) is 0 Å². The second kappa shape index (κ2) is 7.09. The number of allylic oxidation sites excluding steroid dienone is 1. The Balaban J connectivity index is 2.93. The second-order valence-corrected chi connectivity index (χ2v) is 11.6. The van der Waals surface area contributed by atoms with Crippen molar-refractivity contribution in [3.05, 3.63) is 36.7 Å². The summed E-state index contributed by atoms with van der Waals surface area (Å²) in [5, 5.41) is 7.37. The van der Waals surface area contributed by atoms with Crippen LogP contribution < -0.4 is 10.6 Å². The molecule has 0 saturated heterocycles. The predicted molar refractivity (Wildman–Crippen MR) is 117 cm³/mol. The van der Waals surface area contributed by atoms with E-state index in [4.69, 9.17) is 0 Å². The molecule has 1 rings (SSSR count). The molecule has 0 amide bonds. The molecular weight excluding hydrogens is 316 g/mol. The maximum absolute atomic E-state index is 4.41. The fourth-order valence-corrected chi connectivity index (χ4v) is 3.60. The molecule has 1 fully saturated rings. The van der Waals surface area contributed by atoms with Gasteiger partial charge in [0.1, 0.15) is 0 Å². The van der Waals surface area contributed by atoms with Gasteiger partial charge in [-0.2, -0.15) is 0 Å². The summed E-state index contributed by atoms with van der Waals surface area (Å²) in [5.41, 5.74) is 4.09. The first kappa shape index (κ1) is 22.9. The summed E-state index contributed by atoms with van der Waals surface area (Å²) >= 11 is 0. The van der Waals surface area contributed by atoms with Gasteiger partial charge in [0.15, 0.2) is 0 Å². The van der Waals surface area contributed by atoms with Gasteiger partial charge in [-0.05, 0) is 36.0 Å². The zero-order chi connectivity index (χ0) is 20.7. The average molecular weight is 361 g/mol. The van der Waals surface area contributed by atoms with Gasteiger partial charge in [0, 0.05) is 22.9 Å². The van der Waals surface area contributed by atoms with Crippen LogP contribution in [0.3, 0.4) is 0 Å². The zero-order valence-electron chi connectivity index (χ0n) is 19.2. The van der Waals surface area contributed by atoms with Gasteiger partial charge in [-0.3, -0.25) is 0 Å². The van der Waals surface area contributed by atoms with Crippen molar-refractivity contribution in [3.8, 4) is 0 Å². The SMILES string of the molecule is C=C(C)C(CC1(C)CC1(C)C)NC(=C)C(NC(=C)C(C)(C)C)C(C)(C)C. The highest BCUT2D eigenvalue weighted by Crippen LogP contribution is 2.65. The molecule has 0 spiro atoms. The van der Waals surface area contributed by atoms with Crippen LogP contribution in [-0.2, 0) is 0 Å². The topological polar surface area (TPSA) is 24.1 Å². The molecule has 0 aliphatic heterocycles. The van der Waals surface area contributed by atoms with Gasteiger partial charge in [-0.1, -0.05) is 87.6 Å². The van der Waals surface area contributed by atoms with E-state index < -0.39 is 0 Å². The fourth-order valence-electron chi connectivity index (χ4n) is 3.60. The molecule has 3 unspecified atom stereocenters. The van der Waals surface area contributed by atoms with Crippen molar-refractivity contribution < 1.29 is 0 Å². The van der Waals surface area contributed by atoms with E-state index >= 15 is 0 Å². The van der Waals surface area contributed by atoms with E-state index in [0.717, 1.165) is 17.8 Å². The molecular formula is C24H44N2. The fraction of sp³-hybridized carbons (Fsp3) is 0.750. The molecule has 1 aliphatic carbocycles. The van der Waals surface area contributed by atoms with E-state index in [1.807, 2.05) is 0 Å². The number of hydrogen-bond acceptors (Lipinski definition) is 2. The van der Waals surface area contributed by atoms with Crippen LogP contribution >= 0.6 is 0 Å². The van der Waals surface area contributed by atoms with E-state index in [2.05, 4.69) is 99.6 Å². The third-order valence-corrected chi connectivity index (χ3v) is 6.39. The maximum atomic E-state index is 4.41. The highest BCUT2D eigenvalue weighted by Gasteiger charge is 2.57. The predicted octanol–water partition coefficient (Wildman–Crippen LogP) is 6.42. The zero-order valence-corrected chi connectivity index (χ0v) is 19.2. The van der Waals surface area contributed by atoms with E-state index in [-0.39, 0.29) is 22.9 Å². The summed E-state index contributed by atoms with van der Waals surface area (Å²) in [6.45, 7) is 35.5. The van der Waals surface area contributed by atoms with Crippen LogP contribution in [0.15, 0.2) is 36.7 Å². The third kappa shape index (κ3) is 5.41. The molecule has 0 aromatic rings. The Morgan fingerprint density at radius 3 is 1.73 bits per heavy atom. The van der Waals surface area contributed by atoms with Gasteiger partial charge in [-0.15, -0.1) is 0 Å². The van der Waals surface area contributed by atoms with E-state index in [0.29, 0.717) is 10.8 Å². The van der Waals surface area contributed by atoms with Crippen LogP contribution in [-0.4, -0.2) is 12.1 Å². The van der Waals surface area contributed by atoms with E-state index in [9.17, 15) is 0 Å². The van der Waals surface area contributed by atoms with Crippen molar-refractivity contribution in [2.24, 2.45) is 21.7 Å². The highest BCUT2D eigenvalue weighted by molar-refractivity contribution is 5.20. The Bertz CT molecular complexity index is 568. The minimum atomic E-state index is 0.0169. The lowest BCUT2D eigenvalue weighted by atomic mass is 9.82. The molecule has 2 nitrogen and oxygen atoms in total. The van der Waals surface area contributed by atoms with Crippen LogP contribution in [0.4, 0.5) is 0 Å². The van der Waals surface area contributed by atoms with E-state index in [1.54, 1.807) is 0 Å². The lowest BCUT2D eigenvalue weighted by Gasteiger charge is -2.39. The maximum Gasteiger partial charge on any atom is 0.0699 e. The molecule has 2 N–H and O–H groups in total. The van der Waals surface area contributed by atoms with Crippen LogP contribution in [0, 0.1) is 21.7 Å². The Morgan fingerprint density at radius 1 is 0.962 bits per heavy atom. The minimum absolute atomic E-state index is 0.0169. The number of hydrogen-bond donors (Lipinski definition) is 2. The highest BCUT2D eigenvalue weighted by atomic mass is 15.0. The van der Waals surface area contributed by atoms with Gasteiger partial charge in [0.2, 0.25) is 0 Å². The van der Waals surface area contributed by atoms with Gasteiger partial charge in [0.05, 0.1) is 6.04 Å². The van der Waals surface area contributed by atoms with Gasteiger partial charge in [0.25, 0.3) is 0 Å². The smallest absolute Gasteiger partial charge is 0.0699 e. The second-order valence-electron chi connectivity index (χ2n) is 11.6. The summed E-state index contributed by atoms with van der Waals surface area (Å²) in [4.78, 5) is 0. The first-order valence-electron chi connectivity index (χ1n) is 9.97. The van der Waals surface area contributed by atoms with Crippen molar-refractivity contribution >= 4 is 0 Å². The van der Waals surface area contributed by atoms with Crippen molar-refractivity contribution in [1.29, 1.82) is 0 Å². The molecule has 0 aromatic carbocycles. The van der Waals surface area contributed by atoms with Crippen molar-refractivity contribution in [2.75, 3.05) is 0 Å². The van der Waals surface area contributed by atoms with Crippen molar-refractivity contribution in [3.63, 3.8) is 0 Å². The standard InChI is InChI=1S/C24H44N2/c1-16(2)19(14-24(13)15-23(24,11)12)25-17(3)20(22(8,9)10)26-18(4)21(5,6)7/h19-20,25-26H,1,3-4,14-15H2,2,5-13H3. The lowest BCUT2D eigenvalue weighted by Crippen LogP contribution is -2.48. The van der Waals surface area contributed by atoms with E-state index in [1.165, 1.54) is 12.0 Å². The summed E-state index contributed by atoms with van der Waals surface area (Å²) in [6, 6.07) is 0.361. The summed E-state index contributed by atoms with van der Waals surface area (Å²) in [6.07, 6.45) is 2.38. The Labute approximate surface area is 163 Å². The lowest BCUT2D eigenvalue weighted by molar-refractivity contribution is 0.279. The normalized spacial score (nSPS) is 24.4. The van der Waals surface area contributed by atoms with Crippen molar-refractivity contribution in [2.45, 2.75) is 94.2 Å². The molecule has 1 aliphatic rings. The van der Waals surface area contributed by atoms with Gasteiger partial charge < -0.3 is 10.6 Å². The molecule has 26 heavy (non-hydrogen) atoms. The van der Waals surface area contributed by atoms with Crippen LogP contribution in [0.2, 0.25) is 0 Å². The summed E-state index contributed by atoms with van der Waals surface area (Å²) < 4.78 is 0. The monoisotopic (exact) mass is 360 g/mol. The molecule has 3 atom stereocenters. The summed E-state index contributed by atoms with van der Waals surface area (Å²) in [5.74, 6) is 0. The molecule has 0 radical (unpaired) electrons. The largest absolute Gasteiger partial charge is 0.381 e. The number of nitrogens with one attached hydrogen (secondary N) is 2. The molecule has 150 valence electrons. The first-order valence-corrected chi connectivity index (χ1v) is 9.97. The van der Waals surface area contributed by atoms with Gasteiger partial charge in [-0.25, -0.2) is 0 Å². The molecule has 2 heteroatoms.